The Morgan fingerprint density at radius 1 is 1.06 bits per heavy atom. The molecule has 0 fully saturated rings. The van der Waals surface area contributed by atoms with E-state index in [9.17, 15) is 13.2 Å². The van der Waals surface area contributed by atoms with Gasteiger partial charge in [-0.3, -0.25) is 0 Å². The van der Waals surface area contributed by atoms with E-state index in [2.05, 4.69) is 43.0 Å². The summed E-state index contributed by atoms with van der Waals surface area (Å²) in [5.74, 6) is -2.76. The summed E-state index contributed by atoms with van der Waals surface area (Å²) in [7, 11) is 0. The molecule has 5 N–H and O–H groups in total. The zero-order valence-electron chi connectivity index (χ0n) is 17.7. The van der Waals surface area contributed by atoms with Gasteiger partial charge in [0.15, 0.2) is 0 Å². The van der Waals surface area contributed by atoms with E-state index in [1.165, 1.54) is 49.7 Å². The summed E-state index contributed by atoms with van der Waals surface area (Å²) in [5, 5.41) is 7.12. The molecule has 0 aliphatic carbocycles. The summed E-state index contributed by atoms with van der Waals surface area (Å²) in [5.41, 5.74) is 8.53. The van der Waals surface area contributed by atoms with Gasteiger partial charge in [-0.1, -0.05) is 63.3 Å². The van der Waals surface area contributed by atoms with Crippen LogP contribution in [-0.2, 0) is 34.0 Å². The van der Waals surface area contributed by atoms with Crippen LogP contribution in [0.5, 0.6) is 0 Å². The highest BCUT2D eigenvalue weighted by Crippen LogP contribution is 2.36. The quantitative estimate of drug-likeness (QED) is 0.235. The minimum atomic E-state index is -5.08. The standard InChI is InChI=1S/C18H32NO3PS.C2HF3O2/c1-2-3-4-5-6-7-8-16-9-11-17(12-10-16)13-14-18(19)15-22-23(20,21)24;3-2(4,5)1(6)7/h9-12,18H,2-8,13-15,19H2,1H3,(H2,20,21,24);(H,6,7)/t18-;/m1./s1. The maximum atomic E-state index is 10.6. The van der Waals surface area contributed by atoms with Gasteiger partial charge >= 0.3 is 18.9 Å². The lowest BCUT2D eigenvalue weighted by Crippen LogP contribution is -2.26. The van der Waals surface area contributed by atoms with Gasteiger partial charge in [0.05, 0.1) is 6.61 Å². The smallest absolute Gasteiger partial charge is 0.475 e. The first-order chi connectivity index (χ1) is 14.3. The second-order valence-electron chi connectivity index (χ2n) is 7.22. The second kappa shape index (κ2) is 15.7. The minimum Gasteiger partial charge on any atom is -0.475 e. The van der Waals surface area contributed by atoms with Crippen LogP contribution in [0.1, 0.15) is 63.0 Å². The number of carboxylic acid groups (broad SMARTS) is 1. The molecule has 1 rings (SSSR count). The van der Waals surface area contributed by atoms with Crippen molar-refractivity contribution in [1.82, 2.24) is 0 Å². The molecule has 0 saturated heterocycles. The summed E-state index contributed by atoms with van der Waals surface area (Å²) in [4.78, 5) is 26.9. The Kier molecular flexibility index (Phi) is 15.2. The molecule has 0 bridgehead atoms. The van der Waals surface area contributed by atoms with Crippen molar-refractivity contribution in [1.29, 1.82) is 0 Å². The van der Waals surface area contributed by atoms with Gasteiger partial charge in [0, 0.05) is 6.04 Å². The highest BCUT2D eigenvalue weighted by Gasteiger charge is 2.38. The number of unbranched alkanes of at least 4 members (excludes halogenated alkanes) is 5. The Morgan fingerprint density at radius 3 is 1.97 bits per heavy atom. The van der Waals surface area contributed by atoms with E-state index in [-0.39, 0.29) is 12.6 Å². The molecule has 0 heterocycles. The van der Waals surface area contributed by atoms with Crippen molar-refractivity contribution in [2.24, 2.45) is 5.73 Å². The van der Waals surface area contributed by atoms with Crippen LogP contribution in [0.2, 0.25) is 0 Å². The molecule has 11 heteroatoms. The number of aliphatic carboxylic acids is 1. The molecule has 0 saturated carbocycles. The van der Waals surface area contributed by atoms with Gasteiger partial charge in [-0.05, 0) is 48.6 Å². The fourth-order valence-corrected chi connectivity index (χ4v) is 3.18. The molecular formula is C20H33F3NO5PS. The second-order valence-corrected chi connectivity index (χ2v) is 9.89. The third kappa shape index (κ3) is 18.3. The number of aryl methyl sites for hydroxylation is 2. The number of hydrogen-bond acceptors (Lipinski definition) is 4. The maximum absolute atomic E-state index is 10.6. The first-order valence-electron chi connectivity index (χ1n) is 10.2. The van der Waals surface area contributed by atoms with Crippen LogP contribution in [-0.4, -0.2) is 39.7 Å². The van der Waals surface area contributed by atoms with Gasteiger partial charge in [0.2, 0.25) is 0 Å². The number of carboxylic acids is 1. The van der Waals surface area contributed by atoms with Crippen LogP contribution >= 0.6 is 6.72 Å². The highest BCUT2D eigenvalue weighted by atomic mass is 32.5. The van der Waals surface area contributed by atoms with E-state index in [0.29, 0.717) is 0 Å². The lowest BCUT2D eigenvalue weighted by Gasteiger charge is -2.14. The van der Waals surface area contributed by atoms with Gasteiger partial charge in [0.1, 0.15) is 0 Å². The molecular weight excluding hydrogens is 454 g/mol. The average Bonchev–Trinajstić information content (AvgIpc) is 2.67. The summed E-state index contributed by atoms with van der Waals surface area (Å²) in [6.45, 7) is -1.26. The first-order valence-corrected chi connectivity index (χ1v) is 12.8. The predicted octanol–water partition coefficient (Wildman–Crippen LogP) is 4.71. The molecule has 0 aliphatic rings. The molecule has 0 spiro atoms. The molecule has 0 aromatic heterocycles. The summed E-state index contributed by atoms with van der Waals surface area (Å²) in [6.07, 6.45) is 5.59. The monoisotopic (exact) mass is 487 g/mol. The van der Waals surface area contributed by atoms with E-state index in [4.69, 9.17) is 29.9 Å². The molecule has 0 unspecified atom stereocenters. The lowest BCUT2D eigenvalue weighted by atomic mass is 10.0. The van der Waals surface area contributed by atoms with Crippen LogP contribution < -0.4 is 5.73 Å². The molecule has 1 aromatic carbocycles. The van der Waals surface area contributed by atoms with Crippen LogP contribution in [0, 0.1) is 0 Å². The molecule has 0 amide bonds. The zero-order chi connectivity index (χ0) is 23.9. The van der Waals surface area contributed by atoms with E-state index < -0.39 is 18.9 Å². The topological polar surface area (TPSA) is 113 Å². The normalized spacial score (nSPS) is 12.7. The largest absolute Gasteiger partial charge is 0.490 e. The van der Waals surface area contributed by atoms with Crippen molar-refractivity contribution < 1.29 is 37.4 Å². The fourth-order valence-electron chi connectivity index (χ4n) is 2.61. The van der Waals surface area contributed by atoms with Gasteiger partial charge in [0.25, 0.3) is 0 Å². The molecule has 31 heavy (non-hydrogen) atoms. The highest BCUT2D eigenvalue weighted by molar-refractivity contribution is 8.06. The molecule has 180 valence electrons. The predicted molar refractivity (Wildman–Crippen MR) is 118 cm³/mol. The SMILES string of the molecule is CCCCCCCCc1ccc(CC[C@@H](N)COP(O)(O)=S)cc1.O=C(O)C(F)(F)F. The van der Waals surface area contributed by atoms with Gasteiger partial charge < -0.3 is 25.2 Å². The van der Waals surface area contributed by atoms with Crippen LogP contribution in [0.15, 0.2) is 24.3 Å². The number of carbonyl (C=O) groups is 1. The molecule has 0 aliphatic heterocycles. The van der Waals surface area contributed by atoms with Gasteiger partial charge in [-0.2, -0.15) is 13.2 Å². The van der Waals surface area contributed by atoms with E-state index in [0.717, 1.165) is 19.3 Å². The number of nitrogens with two attached hydrogens (primary N) is 1. The summed E-state index contributed by atoms with van der Waals surface area (Å²) in [6, 6.07) is 8.47. The van der Waals surface area contributed by atoms with Crippen molar-refractivity contribution in [3.8, 4) is 0 Å². The van der Waals surface area contributed by atoms with Gasteiger partial charge in [-0.25, -0.2) is 4.79 Å². The summed E-state index contributed by atoms with van der Waals surface area (Å²) < 4.78 is 36.5. The fraction of sp³-hybridized carbons (Fsp3) is 0.650. The van der Waals surface area contributed by atoms with E-state index in [1.807, 2.05) is 0 Å². The van der Waals surface area contributed by atoms with Crippen LogP contribution in [0.4, 0.5) is 13.2 Å². The number of rotatable bonds is 13. The third-order valence-corrected chi connectivity index (χ3v) is 5.15. The maximum Gasteiger partial charge on any atom is 0.490 e. The minimum absolute atomic E-state index is 0.0837. The van der Waals surface area contributed by atoms with Crippen molar-refractivity contribution in [2.75, 3.05) is 6.61 Å². The first kappa shape index (κ1) is 30.0. The number of alkyl halides is 3. The molecule has 6 nitrogen and oxygen atoms in total. The Balaban J connectivity index is 0.00000110. The molecule has 0 radical (unpaired) electrons. The van der Waals surface area contributed by atoms with Crippen molar-refractivity contribution in [3.05, 3.63) is 35.4 Å². The number of halogens is 3. The molecule has 1 atom stereocenters. The van der Waals surface area contributed by atoms with E-state index in [1.54, 1.807) is 0 Å². The number of benzene rings is 1. The average molecular weight is 488 g/mol. The Bertz CT molecular complexity index is 668. The van der Waals surface area contributed by atoms with Crippen molar-refractivity contribution in [3.63, 3.8) is 0 Å². The Labute approximate surface area is 186 Å². The van der Waals surface area contributed by atoms with Crippen molar-refractivity contribution in [2.45, 2.75) is 76.9 Å². The Hall–Kier alpha value is -1.03. The van der Waals surface area contributed by atoms with Crippen LogP contribution in [0.25, 0.3) is 0 Å². The van der Waals surface area contributed by atoms with Crippen molar-refractivity contribution >= 4 is 24.5 Å². The third-order valence-electron chi connectivity index (χ3n) is 4.35. The van der Waals surface area contributed by atoms with Gasteiger partial charge in [-0.15, -0.1) is 0 Å². The van der Waals surface area contributed by atoms with E-state index >= 15 is 0 Å². The summed E-state index contributed by atoms with van der Waals surface area (Å²) >= 11 is 4.40. The molecule has 1 aromatic rings. The zero-order valence-corrected chi connectivity index (χ0v) is 19.4. The lowest BCUT2D eigenvalue weighted by molar-refractivity contribution is -0.192. The van der Waals surface area contributed by atoms with Crippen LogP contribution in [0.3, 0.4) is 0 Å². The Morgan fingerprint density at radius 2 is 1.52 bits per heavy atom. The number of hydrogen-bond donors (Lipinski definition) is 4.